The van der Waals surface area contributed by atoms with Gasteiger partial charge in [0, 0.05) is 31.9 Å². The lowest BCUT2D eigenvalue weighted by atomic mass is 9.96. The molecule has 0 saturated carbocycles. The van der Waals surface area contributed by atoms with E-state index in [-0.39, 0.29) is 17.4 Å². The van der Waals surface area contributed by atoms with Crippen LogP contribution >= 0.6 is 0 Å². The molecule has 1 aromatic carbocycles. The maximum Gasteiger partial charge on any atom is 0.268 e. The van der Waals surface area contributed by atoms with Crippen LogP contribution in [0.2, 0.25) is 0 Å². The van der Waals surface area contributed by atoms with Gasteiger partial charge in [0.25, 0.3) is 11.5 Å². The largest absolute Gasteiger partial charge is 0.350 e. The van der Waals surface area contributed by atoms with Crippen LogP contribution in [-0.2, 0) is 4.79 Å². The van der Waals surface area contributed by atoms with Gasteiger partial charge >= 0.3 is 0 Å². The molecule has 132 valence electrons. The van der Waals surface area contributed by atoms with Gasteiger partial charge in [-0.25, -0.2) is 0 Å². The standard InChI is InChI=1S/C19H23N3O3/c1-12-15-5-3-4-6-16(15)18(24)21-17(12)19(25)20-11-14-7-9-22(10-8-14)13(2)23/h3-6,14H,7-11H2,1-2H3,(H,20,25)(H,21,24). The molecule has 1 aliphatic rings. The number of carbonyl (C=O) groups is 2. The van der Waals surface area contributed by atoms with Gasteiger partial charge in [0.1, 0.15) is 5.69 Å². The predicted molar refractivity (Wildman–Crippen MR) is 96.6 cm³/mol. The van der Waals surface area contributed by atoms with Crippen molar-refractivity contribution in [3.63, 3.8) is 0 Å². The van der Waals surface area contributed by atoms with E-state index in [1.807, 2.05) is 30.0 Å². The second-order valence-electron chi connectivity index (χ2n) is 6.66. The van der Waals surface area contributed by atoms with Gasteiger partial charge in [0.05, 0.1) is 0 Å². The Morgan fingerprint density at radius 2 is 1.84 bits per heavy atom. The highest BCUT2D eigenvalue weighted by atomic mass is 16.2. The Hall–Kier alpha value is -2.63. The van der Waals surface area contributed by atoms with Gasteiger partial charge in [-0.15, -0.1) is 0 Å². The first-order chi connectivity index (χ1) is 12.0. The second kappa shape index (κ2) is 7.09. The monoisotopic (exact) mass is 341 g/mol. The summed E-state index contributed by atoms with van der Waals surface area (Å²) in [5.41, 5.74) is 0.852. The van der Waals surface area contributed by atoms with Crippen molar-refractivity contribution in [1.29, 1.82) is 0 Å². The molecule has 2 N–H and O–H groups in total. The van der Waals surface area contributed by atoms with Gasteiger partial charge in [-0.3, -0.25) is 14.4 Å². The fraction of sp³-hybridized carbons (Fsp3) is 0.421. The Morgan fingerprint density at radius 1 is 1.20 bits per heavy atom. The first kappa shape index (κ1) is 17.2. The van der Waals surface area contributed by atoms with Crippen molar-refractivity contribution in [3.05, 3.63) is 45.9 Å². The van der Waals surface area contributed by atoms with Gasteiger partial charge in [0.15, 0.2) is 0 Å². The SMILES string of the molecule is CC(=O)N1CCC(CNC(=O)c2[nH]c(=O)c3ccccc3c2C)CC1. The minimum atomic E-state index is -0.255. The zero-order valence-corrected chi connectivity index (χ0v) is 14.6. The molecular formula is C19H23N3O3. The molecule has 0 radical (unpaired) electrons. The molecule has 0 spiro atoms. The number of aromatic nitrogens is 1. The topological polar surface area (TPSA) is 82.3 Å². The lowest BCUT2D eigenvalue weighted by Gasteiger charge is -2.31. The molecule has 25 heavy (non-hydrogen) atoms. The maximum absolute atomic E-state index is 12.5. The van der Waals surface area contributed by atoms with E-state index < -0.39 is 0 Å². The Balaban J connectivity index is 1.68. The van der Waals surface area contributed by atoms with Crippen LogP contribution in [0.4, 0.5) is 0 Å². The summed E-state index contributed by atoms with van der Waals surface area (Å²) in [5.74, 6) is 0.202. The zero-order chi connectivity index (χ0) is 18.0. The Labute approximate surface area is 146 Å². The summed E-state index contributed by atoms with van der Waals surface area (Å²) >= 11 is 0. The summed E-state index contributed by atoms with van der Waals surface area (Å²) in [6.45, 7) is 5.46. The van der Waals surface area contributed by atoms with Crippen LogP contribution < -0.4 is 10.9 Å². The summed E-state index contributed by atoms with van der Waals surface area (Å²) < 4.78 is 0. The molecule has 1 aliphatic heterocycles. The number of H-pyrrole nitrogens is 1. The van der Waals surface area contributed by atoms with E-state index in [0.717, 1.165) is 36.9 Å². The molecule has 0 atom stereocenters. The van der Waals surface area contributed by atoms with Crippen molar-refractivity contribution in [2.24, 2.45) is 5.92 Å². The molecule has 2 amide bonds. The van der Waals surface area contributed by atoms with Crippen LogP contribution in [0.5, 0.6) is 0 Å². The fourth-order valence-corrected chi connectivity index (χ4v) is 3.42. The highest BCUT2D eigenvalue weighted by Crippen LogP contribution is 2.18. The third-order valence-corrected chi connectivity index (χ3v) is 5.03. The van der Waals surface area contributed by atoms with Crippen molar-refractivity contribution in [3.8, 4) is 0 Å². The molecule has 3 rings (SSSR count). The number of amides is 2. The number of likely N-dealkylation sites (tertiary alicyclic amines) is 1. The molecule has 1 fully saturated rings. The van der Waals surface area contributed by atoms with E-state index in [1.54, 1.807) is 13.0 Å². The van der Waals surface area contributed by atoms with Crippen LogP contribution in [0.15, 0.2) is 29.1 Å². The average Bonchev–Trinajstić information content (AvgIpc) is 2.63. The minimum Gasteiger partial charge on any atom is -0.350 e. The van der Waals surface area contributed by atoms with Gasteiger partial charge in [-0.1, -0.05) is 18.2 Å². The van der Waals surface area contributed by atoms with Crippen LogP contribution in [0.1, 0.15) is 35.8 Å². The molecule has 0 unspecified atom stereocenters. The van der Waals surface area contributed by atoms with Gasteiger partial charge < -0.3 is 15.2 Å². The number of aryl methyl sites for hydroxylation is 1. The summed E-state index contributed by atoms with van der Waals surface area (Å²) in [6.07, 6.45) is 1.76. The van der Waals surface area contributed by atoms with Crippen LogP contribution in [-0.4, -0.2) is 41.3 Å². The molecule has 1 aromatic heterocycles. The number of nitrogens with one attached hydrogen (secondary N) is 2. The Morgan fingerprint density at radius 3 is 2.48 bits per heavy atom. The van der Waals surface area contributed by atoms with E-state index in [9.17, 15) is 14.4 Å². The Kier molecular flexibility index (Phi) is 4.88. The number of nitrogens with zero attached hydrogens (tertiary/aromatic N) is 1. The van der Waals surface area contributed by atoms with Crippen LogP contribution in [0, 0.1) is 12.8 Å². The van der Waals surface area contributed by atoms with Crippen LogP contribution in [0.3, 0.4) is 0 Å². The summed E-state index contributed by atoms with van der Waals surface area (Å²) in [5, 5.41) is 4.32. The molecule has 2 aromatic rings. The van der Waals surface area contributed by atoms with Gasteiger partial charge in [-0.2, -0.15) is 0 Å². The van der Waals surface area contributed by atoms with Crippen molar-refractivity contribution in [2.75, 3.05) is 19.6 Å². The number of piperidine rings is 1. The molecular weight excluding hydrogens is 318 g/mol. The van der Waals surface area contributed by atoms with Crippen molar-refractivity contribution in [2.45, 2.75) is 26.7 Å². The molecule has 6 nitrogen and oxygen atoms in total. The molecule has 0 bridgehead atoms. The number of fused-ring (bicyclic) bond motifs is 1. The lowest BCUT2D eigenvalue weighted by Crippen LogP contribution is -2.41. The number of benzene rings is 1. The number of hydrogen-bond acceptors (Lipinski definition) is 3. The minimum absolute atomic E-state index is 0.104. The molecule has 1 saturated heterocycles. The highest BCUT2D eigenvalue weighted by molar-refractivity contribution is 5.99. The number of carbonyl (C=O) groups excluding carboxylic acids is 2. The van der Waals surface area contributed by atoms with E-state index in [1.165, 1.54) is 0 Å². The van der Waals surface area contributed by atoms with Crippen molar-refractivity contribution in [1.82, 2.24) is 15.2 Å². The van der Waals surface area contributed by atoms with E-state index in [2.05, 4.69) is 10.3 Å². The van der Waals surface area contributed by atoms with Gasteiger partial charge in [0.2, 0.25) is 5.91 Å². The first-order valence-corrected chi connectivity index (χ1v) is 8.62. The average molecular weight is 341 g/mol. The number of rotatable bonds is 3. The van der Waals surface area contributed by atoms with Crippen LogP contribution in [0.25, 0.3) is 10.8 Å². The summed E-state index contributed by atoms with van der Waals surface area (Å²) in [6, 6.07) is 7.28. The molecule has 0 aliphatic carbocycles. The van der Waals surface area contributed by atoms with Gasteiger partial charge in [-0.05, 0) is 42.7 Å². The normalized spacial score (nSPS) is 15.4. The zero-order valence-electron chi connectivity index (χ0n) is 14.6. The van der Waals surface area contributed by atoms with E-state index >= 15 is 0 Å². The molecule has 6 heteroatoms. The molecule has 2 heterocycles. The second-order valence-corrected chi connectivity index (χ2v) is 6.66. The van der Waals surface area contributed by atoms with Crippen molar-refractivity contribution < 1.29 is 9.59 Å². The summed E-state index contributed by atoms with van der Waals surface area (Å²) in [7, 11) is 0. The lowest BCUT2D eigenvalue weighted by molar-refractivity contribution is -0.130. The smallest absolute Gasteiger partial charge is 0.268 e. The first-order valence-electron chi connectivity index (χ1n) is 8.62. The third-order valence-electron chi connectivity index (χ3n) is 5.03. The third kappa shape index (κ3) is 3.57. The Bertz CT molecular complexity index is 864. The van der Waals surface area contributed by atoms with E-state index in [4.69, 9.17) is 0 Å². The van der Waals surface area contributed by atoms with E-state index in [0.29, 0.717) is 23.5 Å². The predicted octanol–water partition coefficient (Wildman–Crippen LogP) is 1.82. The fourth-order valence-electron chi connectivity index (χ4n) is 3.42. The number of pyridine rings is 1. The number of aromatic amines is 1. The number of hydrogen-bond donors (Lipinski definition) is 2. The van der Waals surface area contributed by atoms with Crippen molar-refractivity contribution >= 4 is 22.6 Å². The highest BCUT2D eigenvalue weighted by Gasteiger charge is 2.22. The quantitative estimate of drug-likeness (QED) is 0.893. The summed E-state index contributed by atoms with van der Waals surface area (Å²) in [4.78, 5) is 40.6. The maximum atomic E-state index is 12.5.